The van der Waals surface area contributed by atoms with E-state index >= 15 is 0 Å². The summed E-state index contributed by atoms with van der Waals surface area (Å²) in [5.41, 5.74) is 2.62. The molecule has 4 aliphatic rings. The maximum absolute atomic E-state index is 10.6. The highest BCUT2D eigenvalue weighted by molar-refractivity contribution is 5.62. The summed E-state index contributed by atoms with van der Waals surface area (Å²) in [5.74, 6) is 2.95. The van der Waals surface area contributed by atoms with Crippen LogP contribution in [0.4, 0.5) is 0 Å². The van der Waals surface area contributed by atoms with Gasteiger partial charge in [-0.25, -0.2) is 0 Å². The molecule has 4 heteroatoms. The van der Waals surface area contributed by atoms with Crippen molar-refractivity contribution in [2.75, 3.05) is 20.7 Å². The number of aliphatic hydroxyl groups excluding tert-OH is 1. The quantitative estimate of drug-likeness (QED) is 0.863. The highest BCUT2D eigenvalue weighted by Crippen LogP contribution is 2.69. The molecule has 2 aliphatic heterocycles. The standard InChI is InChI=1S/C19H23NO3/c1-4-13(21)18-19-8-11-9-20(2)12(15(11)19)7-10-5-6-14(22-3)17(23-18)16(10)19/h4-6,11-13,15,18,21H,1,7-9H2,2-3H3/t11?,12-,13+,15?,18+,19+/m1/s1. The summed E-state index contributed by atoms with van der Waals surface area (Å²) in [6.45, 7) is 4.96. The van der Waals surface area contributed by atoms with Crippen LogP contribution in [0.5, 0.6) is 11.5 Å². The van der Waals surface area contributed by atoms with Crippen molar-refractivity contribution >= 4 is 0 Å². The summed E-state index contributed by atoms with van der Waals surface area (Å²) in [4.78, 5) is 2.51. The van der Waals surface area contributed by atoms with Gasteiger partial charge in [-0.1, -0.05) is 12.1 Å². The van der Waals surface area contributed by atoms with Crippen molar-refractivity contribution in [1.82, 2.24) is 4.90 Å². The second-order valence-corrected chi connectivity index (χ2v) is 7.64. The van der Waals surface area contributed by atoms with Gasteiger partial charge in [0.15, 0.2) is 11.5 Å². The Hall–Kier alpha value is -1.52. The van der Waals surface area contributed by atoms with Gasteiger partial charge >= 0.3 is 0 Å². The third-order valence-electron chi connectivity index (χ3n) is 6.83. The van der Waals surface area contributed by atoms with Crippen molar-refractivity contribution in [3.8, 4) is 11.5 Å². The van der Waals surface area contributed by atoms with Gasteiger partial charge in [-0.15, -0.1) is 6.58 Å². The Morgan fingerprint density at radius 2 is 2.35 bits per heavy atom. The lowest BCUT2D eigenvalue weighted by molar-refractivity contribution is -0.0680. The monoisotopic (exact) mass is 313 g/mol. The predicted molar refractivity (Wildman–Crippen MR) is 87.0 cm³/mol. The van der Waals surface area contributed by atoms with Crippen LogP contribution in [-0.2, 0) is 11.8 Å². The molecule has 2 unspecified atom stereocenters. The number of benzene rings is 1. The van der Waals surface area contributed by atoms with Crippen molar-refractivity contribution in [3.63, 3.8) is 0 Å². The van der Waals surface area contributed by atoms with Gasteiger partial charge in [0.1, 0.15) is 12.2 Å². The molecule has 2 heterocycles. The van der Waals surface area contributed by atoms with E-state index in [1.54, 1.807) is 13.2 Å². The molecule has 1 aromatic rings. The predicted octanol–water partition coefficient (Wildman–Crippen LogP) is 1.75. The number of hydrogen-bond acceptors (Lipinski definition) is 4. The Morgan fingerprint density at radius 1 is 1.52 bits per heavy atom. The lowest BCUT2D eigenvalue weighted by atomic mass is 9.45. The summed E-state index contributed by atoms with van der Waals surface area (Å²) in [6.07, 6.45) is 2.91. The van der Waals surface area contributed by atoms with Gasteiger partial charge in [-0.2, -0.15) is 0 Å². The first-order chi connectivity index (χ1) is 11.1. The molecule has 2 aliphatic carbocycles. The molecular formula is C19H23NO3. The van der Waals surface area contributed by atoms with Gasteiger partial charge in [-0.3, -0.25) is 0 Å². The Kier molecular flexibility index (Phi) is 2.60. The van der Waals surface area contributed by atoms with Crippen LogP contribution in [0.3, 0.4) is 0 Å². The molecule has 0 radical (unpaired) electrons. The van der Waals surface area contributed by atoms with Crippen molar-refractivity contribution in [1.29, 1.82) is 0 Å². The van der Waals surface area contributed by atoms with Crippen molar-refractivity contribution in [3.05, 3.63) is 35.9 Å². The molecule has 23 heavy (non-hydrogen) atoms. The summed E-state index contributed by atoms with van der Waals surface area (Å²) in [5, 5.41) is 10.6. The molecule has 5 rings (SSSR count). The molecule has 6 atom stereocenters. The molecule has 122 valence electrons. The van der Waals surface area contributed by atoms with E-state index in [9.17, 15) is 5.11 Å². The lowest BCUT2D eigenvalue weighted by Gasteiger charge is -2.57. The first-order valence-electron chi connectivity index (χ1n) is 8.49. The average molecular weight is 313 g/mol. The van der Waals surface area contributed by atoms with Crippen LogP contribution in [0.1, 0.15) is 17.5 Å². The Morgan fingerprint density at radius 3 is 3.09 bits per heavy atom. The zero-order valence-corrected chi connectivity index (χ0v) is 13.7. The van der Waals surface area contributed by atoms with Crippen LogP contribution >= 0.6 is 0 Å². The number of ether oxygens (including phenoxy) is 2. The number of hydrogen-bond donors (Lipinski definition) is 1. The maximum Gasteiger partial charge on any atom is 0.165 e. The van der Waals surface area contributed by atoms with Gasteiger partial charge in [-0.05, 0) is 43.4 Å². The zero-order valence-electron chi connectivity index (χ0n) is 13.7. The highest BCUT2D eigenvalue weighted by Gasteiger charge is 2.71. The fourth-order valence-electron chi connectivity index (χ4n) is 6.09. The van der Waals surface area contributed by atoms with Crippen LogP contribution in [-0.4, -0.2) is 49.0 Å². The molecule has 1 N–H and O–H groups in total. The number of rotatable bonds is 3. The SMILES string of the molecule is C=C[C@H](O)[C@@H]1Oc2c(OC)ccc3c2[C@@]12CC1CN(C)[C@H](C3)C12. The first kappa shape index (κ1) is 13.9. The van der Waals surface area contributed by atoms with Gasteiger partial charge in [0.05, 0.1) is 7.11 Å². The summed E-state index contributed by atoms with van der Waals surface area (Å²) in [6, 6.07) is 4.76. The molecular weight excluding hydrogens is 290 g/mol. The molecule has 4 nitrogen and oxygen atoms in total. The van der Waals surface area contributed by atoms with Crippen molar-refractivity contribution < 1.29 is 14.6 Å². The first-order valence-corrected chi connectivity index (χ1v) is 8.49. The minimum Gasteiger partial charge on any atom is -0.493 e. The van der Waals surface area contributed by atoms with Crippen LogP contribution < -0.4 is 9.47 Å². The van der Waals surface area contributed by atoms with Gasteiger partial charge in [0, 0.05) is 23.6 Å². The average Bonchev–Trinajstić information content (AvgIpc) is 3.03. The van der Waals surface area contributed by atoms with Gasteiger partial charge in [0.25, 0.3) is 0 Å². The van der Waals surface area contributed by atoms with Crippen molar-refractivity contribution in [2.24, 2.45) is 11.8 Å². The third-order valence-corrected chi connectivity index (χ3v) is 6.83. The topological polar surface area (TPSA) is 41.9 Å². The van der Waals surface area contributed by atoms with E-state index in [4.69, 9.17) is 9.47 Å². The zero-order chi connectivity index (χ0) is 15.9. The smallest absolute Gasteiger partial charge is 0.165 e. The number of methoxy groups -OCH3 is 1. The van der Waals surface area contributed by atoms with Crippen molar-refractivity contribution in [2.45, 2.75) is 36.5 Å². The number of likely N-dealkylation sites (N-methyl/N-ethyl adjacent to an activating group) is 1. The molecule has 0 amide bonds. The number of nitrogens with zero attached hydrogens (tertiary/aromatic N) is 1. The van der Waals surface area contributed by atoms with E-state index in [1.807, 2.05) is 6.07 Å². The third kappa shape index (κ3) is 1.41. The highest BCUT2D eigenvalue weighted by atomic mass is 16.5. The summed E-state index contributed by atoms with van der Waals surface area (Å²) < 4.78 is 11.9. The van der Waals surface area contributed by atoms with E-state index in [1.165, 1.54) is 11.1 Å². The maximum atomic E-state index is 10.6. The summed E-state index contributed by atoms with van der Waals surface area (Å²) in [7, 11) is 3.92. The number of likely N-dealkylation sites (tertiary alicyclic amines) is 1. The Bertz CT molecular complexity index is 702. The molecule has 1 saturated heterocycles. The van der Waals surface area contributed by atoms with E-state index in [-0.39, 0.29) is 11.5 Å². The van der Waals surface area contributed by atoms with Gasteiger partial charge < -0.3 is 19.5 Å². The molecule has 1 spiro atoms. The molecule has 0 bridgehead atoms. The largest absolute Gasteiger partial charge is 0.493 e. The molecule has 0 aromatic heterocycles. The second kappa shape index (κ2) is 4.31. The normalized spacial score (nSPS) is 40.7. The lowest BCUT2D eigenvalue weighted by Crippen LogP contribution is -2.64. The van der Waals surface area contributed by atoms with Crippen LogP contribution in [0, 0.1) is 11.8 Å². The Labute approximate surface area is 136 Å². The molecule has 2 fully saturated rings. The molecule has 1 aromatic carbocycles. The van der Waals surface area contributed by atoms with Gasteiger partial charge in [0.2, 0.25) is 0 Å². The fraction of sp³-hybridized carbons (Fsp3) is 0.579. The Balaban J connectivity index is 1.74. The van der Waals surface area contributed by atoms with E-state index < -0.39 is 6.10 Å². The summed E-state index contributed by atoms with van der Waals surface area (Å²) >= 11 is 0. The minimum absolute atomic E-state index is 0.0643. The second-order valence-electron chi connectivity index (χ2n) is 7.64. The van der Waals surface area contributed by atoms with E-state index in [0.29, 0.717) is 12.0 Å². The van der Waals surface area contributed by atoms with Crippen LogP contribution in [0.25, 0.3) is 0 Å². The number of aliphatic hydroxyl groups is 1. The minimum atomic E-state index is -0.648. The molecule has 1 saturated carbocycles. The van der Waals surface area contributed by atoms with Crippen LogP contribution in [0.15, 0.2) is 24.8 Å². The van der Waals surface area contributed by atoms with E-state index in [2.05, 4.69) is 24.6 Å². The van der Waals surface area contributed by atoms with E-state index in [0.717, 1.165) is 36.8 Å². The fourth-order valence-corrected chi connectivity index (χ4v) is 6.09. The van der Waals surface area contributed by atoms with Crippen LogP contribution in [0.2, 0.25) is 0 Å².